The lowest BCUT2D eigenvalue weighted by Crippen LogP contribution is -2.57. The highest BCUT2D eigenvalue weighted by Crippen LogP contribution is 2.25. The first-order valence-corrected chi connectivity index (χ1v) is 9.67. The Bertz CT molecular complexity index is 823. The van der Waals surface area contributed by atoms with Crippen molar-refractivity contribution in [1.82, 2.24) is 14.9 Å². The van der Waals surface area contributed by atoms with Crippen LogP contribution in [0.25, 0.3) is 0 Å². The highest BCUT2D eigenvalue weighted by atomic mass is 32.2. The minimum atomic E-state index is -3.54. The number of nitrogens with zero attached hydrogens (tertiary/aromatic N) is 3. The Morgan fingerprint density at radius 2 is 1.83 bits per heavy atom. The van der Waals surface area contributed by atoms with Gasteiger partial charge in [0.25, 0.3) is 0 Å². The zero-order valence-electron chi connectivity index (χ0n) is 12.5. The number of amides is 1. The second-order valence-corrected chi connectivity index (χ2v) is 8.41. The summed E-state index contributed by atoms with van der Waals surface area (Å²) in [6.07, 6.45) is 3.18. The highest BCUT2D eigenvalue weighted by Gasteiger charge is 2.40. The maximum atomic E-state index is 12.9. The highest BCUT2D eigenvalue weighted by molar-refractivity contribution is 7.99. The molecular weight excluding hydrogens is 353 g/mol. The van der Waals surface area contributed by atoms with Crippen molar-refractivity contribution in [2.24, 2.45) is 0 Å². The molecule has 1 aliphatic rings. The van der Waals surface area contributed by atoms with Gasteiger partial charge in [-0.15, -0.1) is 0 Å². The van der Waals surface area contributed by atoms with Gasteiger partial charge in [0.2, 0.25) is 5.91 Å². The zero-order chi connectivity index (χ0) is 17.2. The number of rotatable bonds is 5. The van der Waals surface area contributed by atoms with Crippen LogP contribution in [-0.2, 0) is 14.6 Å². The molecule has 2 aromatic rings. The van der Waals surface area contributed by atoms with Crippen molar-refractivity contribution >= 4 is 27.5 Å². The van der Waals surface area contributed by atoms with Crippen LogP contribution in [0.4, 0.5) is 4.39 Å². The molecule has 3 rings (SSSR count). The fourth-order valence-electron chi connectivity index (χ4n) is 2.23. The van der Waals surface area contributed by atoms with Gasteiger partial charge in [0.15, 0.2) is 15.0 Å². The van der Waals surface area contributed by atoms with Gasteiger partial charge in [0, 0.05) is 25.5 Å². The lowest BCUT2D eigenvalue weighted by Gasteiger charge is -2.38. The zero-order valence-corrected chi connectivity index (χ0v) is 14.1. The van der Waals surface area contributed by atoms with E-state index in [9.17, 15) is 17.6 Å². The molecule has 0 saturated carbocycles. The third-order valence-corrected chi connectivity index (χ3v) is 6.61. The largest absolute Gasteiger partial charge is 0.339 e. The molecule has 1 aromatic heterocycles. The molecule has 24 heavy (non-hydrogen) atoms. The van der Waals surface area contributed by atoms with E-state index in [4.69, 9.17) is 0 Å². The molecule has 0 N–H and O–H groups in total. The number of aromatic nitrogens is 2. The molecule has 0 radical (unpaired) electrons. The number of halogens is 1. The molecule has 1 fully saturated rings. The topological polar surface area (TPSA) is 80.2 Å². The van der Waals surface area contributed by atoms with E-state index >= 15 is 0 Å². The summed E-state index contributed by atoms with van der Waals surface area (Å²) < 4.78 is 37.7. The molecule has 1 aliphatic heterocycles. The maximum Gasteiger partial charge on any atom is 0.233 e. The van der Waals surface area contributed by atoms with E-state index in [1.54, 1.807) is 18.5 Å². The number of likely N-dealkylation sites (tertiary alicyclic amines) is 1. The van der Waals surface area contributed by atoms with E-state index in [1.165, 1.54) is 28.8 Å². The third-order valence-electron chi connectivity index (χ3n) is 3.65. The second kappa shape index (κ2) is 6.86. The van der Waals surface area contributed by atoms with Gasteiger partial charge in [-0.3, -0.25) is 4.79 Å². The van der Waals surface area contributed by atoms with Crippen LogP contribution < -0.4 is 0 Å². The van der Waals surface area contributed by atoms with E-state index in [1.807, 2.05) is 0 Å². The number of sulfone groups is 1. The van der Waals surface area contributed by atoms with Crippen LogP contribution in [0.2, 0.25) is 0 Å². The molecule has 1 saturated heterocycles. The molecule has 126 valence electrons. The number of carbonyl (C=O) groups excluding carboxylic acids is 1. The Balaban J connectivity index is 1.54. The SMILES string of the molecule is O=C(CSc1ncccn1)N1CC(S(=O)(=O)c2ccc(F)cc2)C1. The van der Waals surface area contributed by atoms with Crippen molar-refractivity contribution in [2.45, 2.75) is 15.3 Å². The van der Waals surface area contributed by atoms with E-state index in [2.05, 4.69) is 9.97 Å². The van der Waals surface area contributed by atoms with Crippen molar-refractivity contribution in [1.29, 1.82) is 0 Å². The fourth-order valence-corrected chi connectivity index (χ4v) is 4.59. The first kappa shape index (κ1) is 16.8. The van der Waals surface area contributed by atoms with Crippen LogP contribution in [0.5, 0.6) is 0 Å². The quantitative estimate of drug-likeness (QED) is 0.451. The van der Waals surface area contributed by atoms with Crippen molar-refractivity contribution < 1.29 is 17.6 Å². The van der Waals surface area contributed by atoms with Gasteiger partial charge in [-0.1, -0.05) is 11.8 Å². The van der Waals surface area contributed by atoms with Crippen molar-refractivity contribution in [3.63, 3.8) is 0 Å². The van der Waals surface area contributed by atoms with Gasteiger partial charge in [-0.2, -0.15) is 0 Å². The first-order chi connectivity index (χ1) is 11.5. The first-order valence-electron chi connectivity index (χ1n) is 7.14. The van der Waals surface area contributed by atoms with Crippen molar-refractivity contribution in [2.75, 3.05) is 18.8 Å². The van der Waals surface area contributed by atoms with Gasteiger partial charge < -0.3 is 4.90 Å². The Morgan fingerprint density at radius 3 is 2.46 bits per heavy atom. The smallest absolute Gasteiger partial charge is 0.233 e. The normalized spacial score (nSPS) is 15.1. The number of hydrogen-bond donors (Lipinski definition) is 0. The molecule has 6 nitrogen and oxygen atoms in total. The summed E-state index contributed by atoms with van der Waals surface area (Å²) in [5.74, 6) is -0.481. The Morgan fingerprint density at radius 1 is 1.21 bits per heavy atom. The Hall–Kier alpha value is -2.00. The minimum Gasteiger partial charge on any atom is -0.339 e. The average molecular weight is 367 g/mol. The van der Waals surface area contributed by atoms with Crippen LogP contribution in [0.1, 0.15) is 0 Å². The van der Waals surface area contributed by atoms with Gasteiger partial charge in [0.05, 0.1) is 10.6 Å². The molecule has 0 aliphatic carbocycles. The minimum absolute atomic E-state index is 0.0769. The average Bonchev–Trinajstić information content (AvgIpc) is 2.52. The predicted octanol–water partition coefficient (Wildman–Crippen LogP) is 1.39. The monoisotopic (exact) mass is 367 g/mol. The molecule has 2 heterocycles. The van der Waals surface area contributed by atoms with Crippen molar-refractivity contribution in [3.05, 3.63) is 48.5 Å². The molecular formula is C15H14FN3O3S2. The molecule has 0 bridgehead atoms. The van der Waals surface area contributed by atoms with E-state index in [0.717, 1.165) is 12.1 Å². The standard InChI is InChI=1S/C15H14FN3O3S2/c16-11-2-4-12(5-3-11)24(21,22)13-8-19(9-13)14(20)10-23-15-17-6-1-7-18-15/h1-7,13H,8-10H2. The van der Waals surface area contributed by atoms with Gasteiger partial charge in [0.1, 0.15) is 11.1 Å². The van der Waals surface area contributed by atoms with Crippen LogP contribution >= 0.6 is 11.8 Å². The van der Waals surface area contributed by atoms with Crippen LogP contribution in [0.15, 0.2) is 52.8 Å². The third kappa shape index (κ3) is 3.57. The Kier molecular flexibility index (Phi) is 4.81. The number of carbonyl (C=O) groups is 1. The Labute approximate surface area is 143 Å². The summed E-state index contributed by atoms with van der Waals surface area (Å²) in [6, 6.07) is 6.41. The van der Waals surface area contributed by atoms with E-state index < -0.39 is 20.9 Å². The molecule has 0 atom stereocenters. The summed E-state index contributed by atoms with van der Waals surface area (Å²) in [5, 5.41) is -0.147. The summed E-state index contributed by atoms with van der Waals surface area (Å²) in [6.45, 7) is 0.295. The number of thioether (sulfide) groups is 1. The van der Waals surface area contributed by atoms with Crippen LogP contribution in [-0.4, -0.2) is 53.3 Å². The molecule has 9 heteroatoms. The van der Waals surface area contributed by atoms with Crippen molar-refractivity contribution in [3.8, 4) is 0 Å². The summed E-state index contributed by atoms with van der Waals surface area (Å²) in [4.78, 5) is 21.6. The predicted molar refractivity (Wildman–Crippen MR) is 86.7 cm³/mol. The molecule has 1 amide bonds. The summed E-state index contributed by atoms with van der Waals surface area (Å²) >= 11 is 1.21. The lowest BCUT2D eigenvalue weighted by atomic mass is 10.2. The fraction of sp³-hybridized carbons (Fsp3) is 0.267. The molecule has 0 spiro atoms. The van der Waals surface area contributed by atoms with Gasteiger partial charge >= 0.3 is 0 Å². The van der Waals surface area contributed by atoms with E-state index in [-0.39, 0.29) is 29.6 Å². The summed E-state index contributed by atoms with van der Waals surface area (Å²) in [7, 11) is -3.54. The van der Waals surface area contributed by atoms with Gasteiger partial charge in [-0.05, 0) is 30.3 Å². The maximum absolute atomic E-state index is 12.9. The second-order valence-electron chi connectivity index (χ2n) is 5.24. The molecule has 1 aromatic carbocycles. The van der Waals surface area contributed by atoms with E-state index in [0.29, 0.717) is 5.16 Å². The van der Waals surface area contributed by atoms with Crippen LogP contribution in [0.3, 0.4) is 0 Å². The summed E-state index contributed by atoms with van der Waals surface area (Å²) in [5.41, 5.74) is 0. The van der Waals surface area contributed by atoms with Gasteiger partial charge in [-0.25, -0.2) is 22.8 Å². The van der Waals surface area contributed by atoms with Crippen LogP contribution in [0, 0.1) is 5.82 Å². The molecule has 0 unspecified atom stereocenters. The number of benzene rings is 1. The lowest BCUT2D eigenvalue weighted by molar-refractivity contribution is -0.131. The number of hydrogen-bond acceptors (Lipinski definition) is 6.